The van der Waals surface area contributed by atoms with Crippen molar-refractivity contribution in [3.05, 3.63) is 0 Å². The standard InChI is InChI=1S/C12H26O4S.C12H26O3S.Cu/c1-2-3-4-5-6-7-8-9-10-11-12-16-17(13,14)15;1-2-3-4-5-6-7-8-9-10-11-12-16(13,14)15;/h2-12H2,1H3,(H,13,14,15);2-12H2,1H3,(H,13,14,15);. The van der Waals surface area contributed by atoms with Gasteiger partial charge in [-0.25, -0.2) is 4.18 Å². The van der Waals surface area contributed by atoms with Crippen LogP contribution < -0.4 is 0 Å². The molecule has 2 N–H and O–H groups in total. The van der Waals surface area contributed by atoms with Crippen LogP contribution >= 0.6 is 0 Å². The van der Waals surface area contributed by atoms with Crippen molar-refractivity contribution in [1.82, 2.24) is 0 Å². The van der Waals surface area contributed by atoms with E-state index in [0.717, 1.165) is 25.7 Å². The van der Waals surface area contributed by atoms with Crippen LogP contribution in [0.4, 0.5) is 0 Å². The summed E-state index contributed by atoms with van der Waals surface area (Å²) < 4.78 is 62.3. The maximum absolute atomic E-state index is 10.4. The molecule has 0 unspecified atom stereocenters. The molecule has 7 nitrogen and oxygen atoms in total. The Bertz CT molecular complexity index is 596. The fraction of sp³-hybridized carbons (Fsp3) is 1.00. The Morgan fingerprint density at radius 2 is 0.794 bits per heavy atom. The summed E-state index contributed by atoms with van der Waals surface area (Å²) in [5.74, 6) is -0.0799. The van der Waals surface area contributed by atoms with Crippen molar-refractivity contribution in [3.63, 3.8) is 0 Å². The molecule has 0 aromatic carbocycles. The molecule has 0 saturated carbocycles. The monoisotopic (exact) mass is 579 g/mol. The van der Waals surface area contributed by atoms with Crippen LogP contribution in [-0.2, 0) is 41.8 Å². The predicted octanol–water partition coefficient (Wildman–Crippen LogP) is 7.52. The van der Waals surface area contributed by atoms with E-state index in [1.54, 1.807) is 0 Å². The van der Waals surface area contributed by atoms with Gasteiger partial charge in [-0.3, -0.25) is 9.11 Å². The van der Waals surface area contributed by atoms with Crippen molar-refractivity contribution < 1.29 is 47.2 Å². The van der Waals surface area contributed by atoms with Crippen molar-refractivity contribution in [1.29, 1.82) is 0 Å². The van der Waals surface area contributed by atoms with Gasteiger partial charge in [0.05, 0.1) is 12.4 Å². The molecule has 0 aromatic heterocycles. The largest absolute Gasteiger partial charge is 0.397 e. The molecular formula is C24H52CuO7S2. The summed E-state index contributed by atoms with van der Waals surface area (Å²) in [6.45, 7) is 4.53. The van der Waals surface area contributed by atoms with Crippen LogP contribution in [0.25, 0.3) is 0 Å². The summed E-state index contributed by atoms with van der Waals surface area (Å²) in [7, 11) is -7.97. The summed E-state index contributed by atoms with van der Waals surface area (Å²) in [5.41, 5.74) is 0. The molecule has 0 fully saturated rings. The molecule has 0 saturated heterocycles. The van der Waals surface area contributed by atoms with Gasteiger partial charge in [0, 0.05) is 17.1 Å². The predicted molar refractivity (Wildman–Crippen MR) is 138 cm³/mol. The normalized spacial score (nSPS) is 11.5. The van der Waals surface area contributed by atoms with Gasteiger partial charge in [0.25, 0.3) is 10.1 Å². The van der Waals surface area contributed by atoms with Gasteiger partial charge in [-0.1, -0.05) is 129 Å². The molecule has 0 heterocycles. The Labute approximate surface area is 221 Å². The molecule has 0 bridgehead atoms. The van der Waals surface area contributed by atoms with Gasteiger partial charge >= 0.3 is 10.4 Å². The number of hydrogen-bond acceptors (Lipinski definition) is 5. The SMILES string of the molecule is CCCCCCCCCCCCOS(=O)(=O)O.CCCCCCCCCCCCS(=O)(=O)O.[Cu]. The van der Waals surface area contributed by atoms with Crippen molar-refractivity contribution in [3.8, 4) is 0 Å². The molecule has 0 rings (SSSR count). The van der Waals surface area contributed by atoms with Crippen LogP contribution in [0.5, 0.6) is 0 Å². The fourth-order valence-electron chi connectivity index (χ4n) is 3.53. The molecule has 10 heteroatoms. The second-order valence-corrected chi connectivity index (χ2v) is 11.6. The van der Waals surface area contributed by atoms with E-state index in [-0.39, 0.29) is 29.4 Å². The zero-order valence-electron chi connectivity index (χ0n) is 21.6. The molecule has 0 aromatic rings. The molecule has 0 aliphatic carbocycles. The molecule has 0 atom stereocenters. The van der Waals surface area contributed by atoms with Crippen LogP contribution in [0.2, 0.25) is 0 Å². The molecular weight excluding hydrogens is 528 g/mol. The summed E-state index contributed by atoms with van der Waals surface area (Å²) in [6.07, 6.45) is 23.5. The van der Waals surface area contributed by atoms with Crippen LogP contribution in [0, 0.1) is 0 Å². The van der Waals surface area contributed by atoms with Crippen LogP contribution in [0.1, 0.15) is 142 Å². The van der Waals surface area contributed by atoms with Gasteiger partial charge in [-0.15, -0.1) is 0 Å². The molecule has 0 aliphatic heterocycles. The Kier molecular flexibility index (Phi) is 31.8. The minimum absolute atomic E-state index is 0. The number of unbranched alkanes of at least 4 members (excludes halogenated alkanes) is 18. The molecule has 0 aliphatic rings. The minimum Gasteiger partial charge on any atom is -0.286 e. The Morgan fingerprint density at radius 1 is 0.500 bits per heavy atom. The van der Waals surface area contributed by atoms with E-state index in [1.165, 1.54) is 89.9 Å². The Balaban J connectivity index is -0.000000550. The first-order chi connectivity index (χ1) is 15.6. The second kappa shape index (κ2) is 27.9. The average molecular weight is 580 g/mol. The van der Waals surface area contributed by atoms with Crippen LogP contribution in [0.15, 0.2) is 0 Å². The Morgan fingerprint density at radius 3 is 1.09 bits per heavy atom. The zero-order valence-corrected chi connectivity index (χ0v) is 24.2. The van der Waals surface area contributed by atoms with E-state index in [2.05, 4.69) is 18.0 Å². The second-order valence-electron chi connectivity index (χ2n) is 8.90. The quantitative estimate of drug-likeness (QED) is 0.0729. The molecule has 213 valence electrons. The summed E-state index contributed by atoms with van der Waals surface area (Å²) >= 11 is 0. The van der Waals surface area contributed by atoms with Gasteiger partial charge in [0.1, 0.15) is 0 Å². The zero-order chi connectivity index (χ0) is 25.3. The topological polar surface area (TPSA) is 118 Å². The van der Waals surface area contributed by atoms with Crippen molar-refractivity contribution >= 4 is 20.5 Å². The molecule has 0 spiro atoms. The van der Waals surface area contributed by atoms with Gasteiger partial charge in [-0.05, 0) is 12.8 Å². The van der Waals surface area contributed by atoms with Gasteiger partial charge in [0.2, 0.25) is 0 Å². The first-order valence-corrected chi connectivity index (χ1v) is 16.2. The van der Waals surface area contributed by atoms with Crippen molar-refractivity contribution in [2.24, 2.45) is 0 Å². The number of rotatable bonds is 23. The van der Waals surface area contributed by atoms with Crippen molar-refractivity contribution in [2.45, 2.75) is 142 Å². The fourth-order valence-corrected chi connectivity index (χ4v) is 4.42. The van der Waals surface area contributed by atoms with E-state index in [1.807, 2.05) is 0 Å². The van der Waals surface area contributed by atoms with Gasteiger partial charge in [-0.2, -0.15) is 16.8 Å². The maximum Gasteiger partial charge on any atom is 0.397 e. The Hall–Kier alpha value is 0.299. The first-order valence-electron chi connectivity index (χ1n) is 13.2. The van der Waals surface area contributed by atoms with Crippen molar-refractivity contribution in [2.75, 3.05) is 12.4 Å². The van der Waals surface area contributed by atoms with Gasteiger partial charge in [0.15, 0.2) is 0 Å². The van der Waals surface area contributed by atoms with E-state index in [9.17, 15) is 16.8 Å². The third-order valence-electron chi connectivity index (χ3n) is 5.49. The molecule has 0 amide bonds. The molecule has 1 radical (unpaired) electrons. The third kappa shape index (κ3) is 42.5. The van der Waals surface area contributed by atoms with Crippen LogP contribution in [-0.4, -0.2) is 38.3 Å². The number of hydrogen-bond donors (Lipinski definition) is 2. The summed E-state index contributed by atoms with van der Waals surface area (Å²) in [5, 5.41) is 0. The van der Waals surface area contributed by atoms with E-state index >= 15 is 0 Å². The van der Waals surface area contributed by atoms with Crippen LogP contribution in [0.3, 0.4) is 0 Å². The summed E-state index contributed by atoms with van der Waals surface area (Å²) in [6, 6.07) is 0. The summed E-state index contributed by atoms with van der Waals surface area (Å²) in [4.78, 5) is 0. The molecule has 34 heavy (non-hydrogen) atoms. The average Bonchev–Trinajstić information content (AvgIpc) is 2.72. The first kappa shape index (κ1) is 38.8. The van der Waals surface area contributed by atoms with E-state index < -0.39 is 20.5 Å². The third-order valence-corrected chi connectivity index (χ3v) is 6.76. The minimum atomic E-state index is -4.23. The van der Waals surface area contributed by atoms with E-state index in [0.29, 0.717) is 12.8 Å². The smallest absolute Gasteiger partial charge is 0.286 e. The van der Waals surface area contributed by atoms with E-state index in [4.69, 9.17) is 9.11 Å². The maximum atomic E-state index is 10.4. The van der Waals surface area contributed by atoms with Gasteiger partial charge < -0.3 is 0 Å².